The second-order valence-electron chi connectivity index (χ2n) is 31.4. The maximum Gasteiger partial charge on any atom is 0.408 e. The van der Waals surface area contributed by atoms with Crippen molar-refractivity contribution in [1.82, 2.24) is 36.4 Å². The number of carbonyl (C=O) groups is 11. The highest BCUT2D eigenvalue weighted by Crippen LogP contribution is 2.23. The predicted molar refractivity (Wildman–Crippen MR) is 437 cm³/mol. The minimum absolute atomic E-state index is 0.0742. The van der Waals surface area contributed by atoms with E-state index in [4.69, 9.17) is 35.3 Å². The minimum Gasteiger partial charge on any atom is -0.518 e. The zero-order valence-corrected chi connectivity index (χ0v) is 69.2. The number of hydrogen-bond donors (Lipinski definition) is 7. The van der Waals surface area contributed by atoms with Crippen LogP contribution in [0.25, 0.3) is 0 Å². The third-order valence-corrected chi connectivity index (χ3v) is 17.5. The van der Waals surface area contributed by atoms with Crippen molar-refractivity contribution in [2.45, 2.75) is 201 Å². The molecule has 26 heteroatoms. The van der Waals surface area contributed by atoms with E-state index in [0.717, 1.165) is 45.4 Å². The Labute approximate surface area is 670 Å². The summed E-state index contributed by atoms with van der Waals surface area (Å²) in [7, 11) is -2.25. The molecule has 0 saturated carbocycles. The lowest BCUT2D eigenvalue weighted by atomic mass is 9.92. The first-order chi connectivity index (χ1) is 53.0. The first kappa shape index (κ1) is 94.2. The van der Waals surface area contributed by atoms with Gasteiger partial charge < -0.3 is 65.2 Å². The number of carboxylic acids is 2. The highest BCUT2D eigenvalue weighted by atomic mass is 35.5. The van der Waals surface area contributed by atoms with E-state index in [1.54, 1.807) is 86.6 Å². The second-order valence-corrected chi connectivity index (χ2v) is 36.1. The summed E-state index contributed by atoms with van der Waals surface area (Å²) in [6, 6.07) is 59.1. The van der Waals surface area contributed by atoms with Crippen molar-refractivity contribution < 1.29 is 81.6 Å². The Morgan fingerprint density at radius 3 is 0.823 bits per heavy atom. The molecule has 7 N–H and O–H groups in total. The Morgan fingerprint density at radius 1 is 0.363 bits per heavy atom. The molecule has 0 aliphatic rings. The maximum atomic E-state index is 14.2. The quantitative estimate of drug-likeness (QED) is 0.0121. The van der Waals surface area contributed by atoms with Gasteiger partial charge in [-0.05, 0) is 139 Å². The van der Waals surface area contributed by atoms with Crippen LogP contribution in [-0.4, -0.2) is 153 Å². The van der Waals surface area contributed by atoms with E-state index in [0.29, 0.717) is 0 Å². The summed E-state index contributed by atoms with van der Waals surface area (Å²) >= 11 is 5.23. The molecule has 24 nitrogen and oxygen atoms in total. The number of rotatable bonds is 31. The van der Waals surface area contributed by atoms with Gasteiger partial charge in [0.2, 0.25) is 37.2 Å². The molecule has 0 radical (unpaired) electrons. The predicted octanol–water partition coefficient (Wildman–Crippen LogP) is 13.6. The van der Waals surface area contributed by atoms with Crippen LogP contribution in [0.15, 0.2) is 212 Å². The van der Waals surface area contributed by atoms with E-state index in [1.807, 2.05) is 228 Å². The highest BCUT2D eigenvalue weighted by Gasteiger charge is 2.35. The van der Waals surface area contributed by atoms with Gasteiger partial charge in [0.25, 0.3) is 0 Å². The van der Waals surface area contributed by atoms with Gasteiger partial charge >= 0.3 is 36.2 Å². The monoisotopic (exact) mass is 1590 g/mol. The van der Waals surface area contributed by atoms with Gasteiger partial charge in [-0.15, -0.1) is 0 Å². The van der Waals surface area contributed by atoms with Crippen molar-refractivity contribution in [2.75, 3.05) is 13.1 Å². The van der Waals surface area contributed by atoms with E-state index in [9.17, 15) is 57.8 Å². The van der Waals surface area contributed by atoms with Crippen LogP contribution < -0.4 is 26.6 Å². The fourth-order valence-electron chi connectivity index (χ4n) is 10.4. The topological polar surface area (TPSA) is 332 Å². The van der Waals surface area contributed by atoms with Crippen LogP contribution in [0.5, 0.6) is 0 Å². The average molecular weight is 1590 g/mol. The summed E-state index contributed by atoms with van der Waals surface area (Å²) in [5.41, 5.74) is 3.11. The number of carbonyl (C=O) groups excluding carboxylic acids is 9. The van der Waals surface area contributed by atoms with Gasteiger partial charge in [0, 0.05) is 50.6 Å². The summed E-state index contributed by atoms with van der Waals surface area (Å²) < 4.78 is 21.7. The number of ether oxygens (including phenoxy) is 3. The van der Waals surface area contributed by atoms with Crippen molar-refractivity contribution in [2.24, 2.45) is 5.41 Å². The van der Waals surface area contributed by atoms with Crippen LogP contribution in [0.4, 0.5) is 14.4 Å². The Kier molecular flexibility index (Phi) is 38.3. The largest absolute Gasteiger partial charge is 0.518 e. The Hall–Kier alpha value is -11.2. The Balaban J connectivity index is 0.000000361. The minimum atomic E-state index is -2.25. The lowest BCUT2D eigenvalue weighted by Gasteiger charge is -2.30. The van der Waals surface area contributed by atoms with Gasteiger partial charge in [-0.3, -0.25) is 28.8 Å². The molecule has 5 atom stereocenters. The lowest BCUT2D eigenvalue weighted by molar-refractivity contribution is -0.143. The fraction of sp³-hybridized carbons (Fsp3) is 0.391. The van der Waals surface area contributed by atoms with Crippen molar-refractivity contribution in [1.29, 1.82) is 0 Å². The number of nitrogens with zero attached hydrogens (tertiary/aromatic N) is 2. The van der Waals surface area contributed by atoms with E-state index < -0.39 is 122 Å². The molecule has 608 valence electrons. The van der Waals surface area contributed by atoms with E-state index >= 15 is 0 Å². The number of alkyl carbamates (subject to hydrolysis) is 3. The second kappa shape index (κ2) is 46.0. The zero-order valence-electron chi connectivity index (χ0n) is 67.5. The summed E-state index contributed by atoms with van der Waals surface area (Å²) in [6.45, 7) is 26.3. The van der Waals surface area contributed by atoms with E-state index in [-0.39, 0.29) is 62.4 Å². The molecule has 113 heavy (non-hydrogen) atoms. The molecule has 7 amide bonds. The van der Waals surface area contributed by atoms with Crippen LogP contribution in [0.3, 0.4) is 0 Å². The van der Waals surface area contributed by atoms with Crippen molar-refractivity contribution in [3.05, 3.63) is 251 Å². The SMILES string of the molecule is CC(C)(C)OC(=O)N[C@@H](Cc1ccccc1)C(=O)N(CC(=O)N[C@@H](Cc1ccccc1)C(=O)O)Cc1ccccc1.CC(C)(C)OC(=O)N[C@@H](Cc1ccccc1)C(=O)N(CC(=O)N[C@@H](Cc1ccccc1)C(=O)O[Si](C)(C)C)Cc1ccccc1.CC(C)(C)OC(=O)N[C@@H](Cc1ccccc1)C(=O)O.CCC(C)(C)C(=O)Cl. The van der Waals surface area contributed by atoms with Gasteiger partial charge in [-0.1, -0.05) is 233 Å². The number of amides is 7. The van der Waals surface area contributed by atoms with Gasteiger partial charge in [-0.25, -0.2) is 24.0 Å². The molecule has 0 spiro atoms. The number of nitrogens with one attached hydrogen (secondary N) is 5. The molecule has 7 rings (SSSR count). The summed E-state index contributed by atoms with van der Waals surface area (Å²) in [5, 5.41) is 31.7. The molecule has 7 aromatic carbocycles. The number of hydrogen-bond acceptors (Lipinski definition) is 15. The van der Waals surface area contributed by atoms with Crippen molar-refractivity contribution in [3.63, 3.8) is 0 Å². The molecule has 0 heterocycles. The molecule has 7 aromatic rings. The Bertz CT molecular complexity index is 4140. The van der Waals surface area contributed by atoms with Gasteiger partial charge in [-0.2, -0.15) is 0 Å². The molecule has 0 aliphatic heterocycles. The standard InChI is InChI=1S/C35H45N3O6Si.C32H37N3O6.C14H19NO4.C6H11ClO/c1-35(2,3)43-34(42)37-29(22-26-16-10-7-11-17-26)32(40)38(24-28-20-14-9-15-21-28)25-31(39)36-30(33(41)44-45(4,5)6)23-27-18-12-8-13-19-27;1-32(2,3)41-31(40)34-26(19-23-13-7-4-8-14-23)29(37)35(21-25-17-11-6-12-18-25)22-28(36)33-27(30(38)39)20-24-15-9-5-10-16-24;1-14(2,3)19-13(18)15-11(12(16)17)9-10-7-5-4-6-8-10;1-4-6(2,3)5(7)8/h7-21,29-30H,22-25H2,1-6H3,(H,36,39)(H,37,42);4-18,26-27H,19-22H2,1-3H3,(H,33,36)(H,34,40)(H,38,39);4-8,11H,9H2,1-3H3,(H,15,18)(H,16,17);4H2,1-3H3/t29-,30-;26-,27-;11-;/m000./s1. The van der Waals surface area contributed by atoms with Gasteiger partial charge in [0.1, 0.15) is 47.0 Å². The third-order valence-electron chi connectivity index (χ3n) is 16.2. The molecular weight excluding hydrogens is 1480 g/mol. The fourth-order valence-corrected chi connectivity index (χ4v) is 11.3. The smallest absolute Gasteiger partial charge is 0.408 e. The van der Waals surface area contributed by atoms with Gasteiger partial charge in [0.15, 0.2) is 0 Å². The summed E-state index contributed by atoms with van der Waals surface area (Å²) in [5.74, 6) is -4.91. The van der Waals surface area contributed by atoms with Crippen LogP contribution in [-0.2, 0) is 102 Å². The summed E-state index contributed by atoms with van der Waals surface area (Å²) in [6.07, 6.45) is -0.531. The lowest BCUT2D eigenvalue weighted by Crippen LogP contribution is -2.54. The normalized spacial score (nSPS) is 12.5. The van der Waals surface area contributed by atoms with Crippen molar-refractivity contribution >= 4 is 85.0 Å². The highest BCUT2D eigenvalue weighted by molar-refractivity contribution is 6.71. The molecule has 0 saturated heterocycles. The van der Waals surface area contributed by atoms with Crippen LogP contribution >= 0.6 is 11.6 Å². The molecular formula is C87H112ClN7O17Si. The first-order valence-electron chi connectivity index (χ1n) is 37.3. The molecule has 0 aromatic heterocycles. The van der Waals surface area contributed by atoms with Crippen LogP contribution in [0.2, 0.25) is 19.6 Å². The zero-order chi connectivity index (χ0) is 84.1. The molecule has 0 aliphatic carbocycles. The van der Waals surface area contributed by atoms with Crippen LogP contribution in [0, 0.1) is 5.41 Å². The molecule has 0 fully saturated rings. The average Bonchev–Trinajstić information content (AvgIpc) is 0.856. The van der Waals surface area contributed by atoms with Gasteiger partial charge in [0.05, 0.1) is 13.1 Å². The number of halogens is 1. The summed E-state index contributed by atoms with van der Waals surface area (Å²) in [4.78, 5) is 141. The number of carboxylic acid groups (broad SMARTS) is 2. The van der Waals surface area contributed by atoms with E-state index in [1.165, 1.54) is 9.80 Å². The Morgan fingerprint density at radius 2 is 0.593 bits per heavy atom. The molecule has 0 unspecified atom stereocenters. The third kappa shape index (κ3) is 39.5. The molecule has 0 bridgehead atoms. The van der Waals surface area contributed by atoms with Crippen LogP contribution in [0.1, 0.15) is 128 Å². The number of benzene rings is 7. The first-order valence-corrected chi connectivity index (χ1v) is 41.1. The van der Waals surface area contributed by atoms with E-state index in [2.05, 4.69) is 26.6 Å². The number of aliphatic carboxylic acids is 2. The van der Waals surface area contributed by atoms with Crippen molar-refractivity contribution in [3.8, 4) is 0 Å². The maximum absolute atomic E-state index is 14.2.